The topological polar surface area (TPSA) is 154 Å². The van der Waals surface area contributed by atoms with Gasteiger partial charge in [-0.3, -0.25) is 19.3 Å². The number of urea groups is 1. The summed E-state index contributed by atoms with van der Waals surface area (Å²) < 4.78 is 0. The molecule has 0 bridgehead atoms. The minimum Gasteiger partial charge on any atom is -0.481 e. The molecule has 0 spiro atoms. The summed E-state index contributed by atoms with van der Waals surface area (Å²) in [5.74, 6) is -1.63. The van der Waals surface area contributed by atoms with Crippen molar-refractivity contribution in [2.45, 2.75) is 57.5 Å². The second-order valence-electron chi connectivity index (χ2n) is 8.66. The van der Waals surface area contributed by atoms with Crippen molar-refractivity contribution in [3.63, 3.8) is 0 Å². The van der Waals surface area contributed by atoms with Crippen LogP contribution in [0.4, 0.5) is 10.7 Å². The van der Waals surface area contributed by atoms with E-state index in [-0.39, 0.29) is 12.8 Å². The molecule has 1 aromatic heterocycles. The molecule has 0 saturated carbocycles. The number of imide groups is 1. The average Bonchev–Trinajstić information content (AvgIpc) is 3.27. The van der Waals surface area contributed by atoms with Crippen LogP contribution in [0, 0.1) is 0 Å². The van der Waals surface area contributed by atoms with E-state index in [1.807, 2.05) is 24.3 Å². The van der Waals surface area contributed by atoms with Crippen molar-refractivity contribution in [3.05, 3.63) is 53.9 Å². The number of hydrogen-bond donors (Lipinski definition) is 4. The second-order valence-corrected chi connectivity index (χ2v) is 8.66. The highest BCUT2D eigenvalue weighted by atomic mass is 16.4. The number of rotatable bonds is 12. The molecule has 11 heteroatoms. The molecular formula is C25H32N6O5. The fourth-order valence-corrected chi connectivity index (χ4v) is 4.22. The maximum absolute atomic E-state index is 13.5. The number of amides is 4. The number of carboxylic acids is 1. The quantitative estimate of drug-likeness (QED) is 0.324. The first-order valence-corrected chi connectivity index (χ1v) is 12.0. The summed E-state index contributed by atoms with van der Waals surface area (Å²) in [6.07, 6.45) is 5.28. The van der Waals surface area contributed by atoms with Crippen LogP contribution in [0.25, 0.3) is 0 Å². The Kier molecular flexibility index (Phi) is 9.73. The van der Waals surface area contributed by atoms with Crippen LogP contribution >= 0.6 is 0 Å². The standard InChI is InChI=1S/C25H32N6O5/c1-17(32)30-21(9-10-22(33)34)23(35)31(20-15-18-7-2-3-8-19(18)16-20)25(36)29-12-5-4-11-26-24-27-13-6-14-28-24/h2-3,6-8,13-14,20-21H,4-5,9-12,15-16H2,1H3,(H,29,36)(H,30,32)(H,33,34)(H,26,27,28). The fourth-order valence-electron chi connectivity index (χ4n) is 4.22. The molecule has 36 heavy (non-hydrogen) atoms. The first-order valence-electron chi connectivity index (χ1n) is 12.0. The largest absolute Gasteiger partial charge is 0.481 e. The van der Waals surface area contributed by atoms with Gasteiger partial charge in [-0.1, -0.05) is 24.3 Å². The summed E-state index contributed by atoms with van der Waals surface area (Å²) in [6, 6.07) is 7.40. The van der Waals surface area contributed by atoms with Gasteiger partial charge in [-0.05, 0) is 49.3 Å². The zero-order valence-corrected chi connectivity index (χ0v) is 20.3. The maximum atomic E-state index is 13.5. The van der Waals surface area contributed by atoms with E-state index in [0.29, 0.717) is 38.3 Å². The van der Waals surface area contributed by atoms with Crippen molar-refractivity contribution in [2.24, 2.45) is 0 Å². The van der Waals surface area contributed by atoms with E-state index in [4.69, 9.17) is 5.11 Å². The van der Waals surface area contributed by atoms with Gasteiger partial charge in [-0.2, -0.15) is 0 Å². The van der Waals surface area contributed by atoms with Crippen molar-refractivity contribution >= 4 is 29.8 Å². The van der Waals surface area contributed by atoms with Gasteiger partial charge in [-0.25, -0.2) is 14.8 Å². The van der Waals surface area contributed by atoms with Gasteiger partial charge in [0.2, 0.25) is 11.9 Å². The number of carbonyl (C=O) groups excluding carboxylic acids is 3. The highest BCUT2D eigenvalue weighted by Crippen LogP contribution is 2.26. The Labute approximate surface area is 209 Å². The molecule has 2 aromatic rings. The SMILES string of the molecule is CC(=O)NC(CCC(=O)O)C(=O)N(C(=O)NCCCCNc1ncccn1)C1Cc2ccccc2C1. The molecule has 1 heterocycles. The Morgan fingerprint density at radius 2 is 1.67 bits per heavy atom. The fraction of sp³-hybridized carbons (Fsp3) is 0.440. The normalized spacial score (nSPS) is 13.4. The van der Waals surface area contributed by atoms with Crippen LogP contribution in [0.5, 0.6) is 0 Å². The summed E-state index contributed by atoms with van der Waals surface area (Å²) in [4.78, 5) is 58.9. The van der Waals surface area contributed by atoms with Gasteiger partial charge in [0, 0.05) is 44.9 Å². The van der Waals surface area contributed by atoms with Crippen LogP contribution in [0.15, 0.2) is 42.7 Å². The van der Waals surface area contributed by atoms with E-state index < -0.39 is 35.9 Å². The Bertz CT molecular complexity index is 1040. The Morgan fingerprint density at radius 1 is 1.03 bits per heavy atom. The van der Waals surface area contributed by atoms with Gasteiger partial charge < -0.3 is 21.1 Å². The Balaban J connectivity index is 1.63. The third kappa shape index (κ3) is 7.76. The number of carbonyl (C=O) groups is 4. The number of nitrogens with one attached hydrogen (secondary N) is 3. The van der Waals surface area contributed by atoms with Crippen LogP contribution in [0.1, 0.15) is 43.7 Å². The molecule has 0 fully saturated rings. The number of carboxylic acid groups (broad SMARTS) is 1. The van der Waals surface area contributed by atoms with E-state index >= 15 is 0 Å². The summed E-state index contributed by atoms with van der Waals surface area (Å²) >= 11 is 0. The molecule has 3 rings (SSSR count). The summed E-state index contributed by atoms with van der Waals surface area (Å²) in [5.41, 5.74) is 2.12. The zero-order chi connectivity index (χ0) is 25.9. The minimum atomic E-state index is -1.11. The van der Waals surface area contributed by atoms with Crippen molar-refractivity contribution in [2.75, 3.05) is 18.4 Å². The number of hydrogen-bond acceptors (Lipinski definition) is 7. The number of benzene rings is 1. The molecule has 4 N–H and O–H groups in total. The third-order valence-electron chi connectivity index (χ3n) is 5.90. The maximum Gasteiger partial charge on any atom is 0.324 e. The summed E-state index contributed by atoms with van der Waals surface area (Å²) in [5, 5.41) is 17.5. The van der Waals surface area contributed by atoms with Crippen LogP contribution in [-0.4, -0.2) is 69.0 Å². The number of aliphatic carboxylic acids is 1. The molecule has 0 radical (unpaired) electrons. The predicted molar refractivity (Wildman–Crippen MR) is 132 cm³/mol. The monoisotopic (exact) mass is 496 g/mol. The Morgan fingerprint density at radius 3 is 2.28 bits per heavy atom. The van der Waals surface area contributed by atoms with Crippen LogP contribution in [0.2, 0.25) is 0 Å². The molecule has 1 aromatic carbocycles. The molecule has 192 valence electrons. The van der Waals surface area contributed by atoms with Gasteiger partial charge in [0.05, 0.1) is 0 Å². The molecule has 0 saturated heterocycles. The van der Waals surface area contributed by atoms with E-state index in [9.17, 15) is 19.2 Å². The first kappa shape index (κ1) is 26.6. The number of aromatic nitrogens is 2. The lowest BCUT2D eigenvalue weighted by Crippen LogP contribution is -2.57. The molecule has 1 atom stereocenters. The first-order chi connectivity index (χ1) is 17.3. The van der Waals surface area contributed by atoms with E-state index in [0.717, 1.165) is 17.5 Å². The lowest BCUT2D eigenvalue weighted by atomic mass is 10.1. The Hall–Kier alpha value is -4.02. The van der Waals surface area contributed by atoms with E-state index in [1.165, 1.54) is 11.8 Å². The lowest BCUT2D eigenvalue weighted by molar-refractivity contribution is -0.139. The smallest absolute Gasteiger partial charge is 0.324 e. The number of unbranched alkanes of at least 4 members (excludes halogenated alkanes) is 1. The van der Waals surface area contributed by atoms with Gasteiger partial charge in [-0.15, -0.1) is 0 Å². The number of anilines is 1. The average molecular weight is 497 g/mol. The number of nitrogens with zero attached hydrogens (tertiary/aromatic N) is 3. The molecule has 0 aliphatic heterocycles. The van der Waals surface area contributed by atoms with E-state index in [1.54, 1.807) is 18.5 Å². The van der Waals surface area contributed by atoms with Crippen molar-refractivity contribution in [3.8, 4) is 0 Å². The van der Waals surface area contributed by atoms with Crippen molar-refractivity contribution in [1.82, 2.24) is 25.5 Å². The van der Waals surface area contributed by atoms with Crippen LogP contribution in [0.3, 0.4) is 0 Å². The molecule has 11 nitrogen and oxygen atoms in total. The van der Waals surface area contributed by atoms with Crippen LogP contribution < -0.4 is 16.0 Å². The molecule has 1 aliphatic carbocycles. The van der Waals surface area contributed by atoms with Crippen molar-refractivity contribution in [1.29, 1.82) is 0 Å². The summed E-state index contributed by atoms with van der Waals surface area (Å²) in [7, 11) is 0. The van der Waals surface area contributed by atoms with Gasteiger partial charge in [0.1, 0.15) is 6.04 Å². The highest BCUT2D eigenvalue weighted by Gasteiger charge is 2.37. The molecule has 4 amide bonds. The van der Waals surface area contributed by atoms with E-state index in [2.05, 4.69) is 25.9 Å². The van der Waals surface area contributed by atoms with Crippen LogP contribution in [-0.2, 0) is 27.2 Å². The summed E-state index contributed by atoms with van der Waals surface area (Å²) in [6.45, 7) is 2.23. The second kappa shape index (κ2) is 13.2. The lowest BCUT2D eigenvalue weighted by Gasteiger charge is -2.31. The van der Waals surface area contributed by atoms with Gasteiger partial charge in [0.15, 0.2) is 0 Å². The zero-order valence-electron chi connectivity index (χ0n) is 20.3. The van der Waals surface area contributed by atoms with Gasteiger partial charge >= 0.3 is 12.0 Å². The molecule has 1 unspecified atom stereocenters. The minimum absolute atomic E-state index is 0.107. The third-order valence-corrected chi connectivity index (χ3v) is 5.90. The van der Waals surface area contributed by atoms with Gasteiger partial charge in [0.25, 0.3) is 5.91 Å². The number of fused-ring (bicyclic) bond motifs is 1. The highest BCUT2D eigenvalue weighted by molar-refractivity contribution is 5.99. The van der Waals surface area contributed by atoms with Crippen molar-refractivity contribution < 1.29 is 24.3 Å². The molecular weight excluding hydrogens is 464 g/mol. The predicted octanol–water partition coefficient (Wildman–Crippen LogP) is 1.74. The molecule has 1 aliphatic rings.